The Bertz CT molecular complexity index is 163. The molecule has 0 bridgehead atoms. The fraction of sp³-hybridized carbons (Fsp3) is 0.571. The zero-order valence-corrected chi connectivity index (χ0v) is 9.54. The normalized spacial score (nSPS) is 11.5. The van der Waals surface area contributed by atoms with Crippen LogP contribution in [0.25, 0.3) is 0 Å². The zero-order chi connectivity index (χ0) is 10.5. The van der Waals surface area contributed by atoms with Gasteiger partial charge >= 0.3 is 0 Å². The number of allylic oxidation sites excluding steroid dienone is 5. The first-order valence-electron chi connectivity index (χ1n) is 5.79. The third-order valence-corrected chi connectivity index (χ3v) is 2.18. The van der Waals surface area contributed by atoms with E-state index in [1.165, 1.54) is 44.9 Å². The number of hydrogen-bond donors (Lipinski definition) is 0. The topological polar surface area (TPSA) is 0 Å². The van der Waals surface area contributed by atoms with Gasteiger partial charge in [-0.05, 0) is 45.4 Å². The van der Waals surface area contributed by atoms with Crippen LogP contribution < -0.4 is 0 Å². The minimum Gasteiger partial charge on any atom is -0.103 e. The van der Waals surface area contributed by atoms with E-state index in [4.69, 9.17) is 0 Å². The Kier molecular flexibility index (Phi) is 11.5. The average molecular weight is 192 g/mol. The molecule has 0 atom stereocenters. The van der Waals surface area contributed by atoms with Crippen LogP contribution in [0.15, 0.2) is 37.0 Å². The van der Waals surface area contributed by atoms with Gasteiger partial charge < -0.3 is 0 Å². The lowest BCUT2D eigenvalue weighted by Gasteiger charge is -1.94. The van der Waals surface area contributed by atoms with E-state index in [1.807, 2.05) is 6.08 Å². The second-order valence-electron chi connectivity index (χ2n) is 3.54. The van der Waals surface area contributed by atoms with Gasteiger partial charge in [0.15, 0.2) is 0 Å². The minimum atomic E-state index is 1.17. The van der Waals surface area contributed by atoms with Crippen LogP contribution in [-0.4, -0.2) is 0 Å². The van der Waals surface area contributed by atoms with Gasteiger partial charge in [0.1, 0.15) is 0 Å². The van der Waals surface area contributed by atoms with Crippen molar-refractivity contribution in [2.24, 2.45) is 0 Å². The van der Waals surface area contributed by atoms with Crippen molar-refractivity contribution in [2.75, 3.05) is 0 Å². The lowest BCUT2D eigenvalue weighted by molar-refractivity contribution is 0.695. The molecule has 0 nitrogen and oxygen atoms in total. The van der Waals surface area contributed by atoms with Crippen LogP contribution in [0.5, 0.6) is 0 Å². The number of hydrogen-bond acceptors (Lipinski definition) is 0. The van der Waals surface area contributed by atoms with Crippen LogP contribution in [0.1, 0.15) is 51.9 Å². The molecule has 0 amide bonds. The summed E-state index contributed by atoms with van der Waals surface area (Å²) in [4.78, 5) is 0. The molecule has 0 saturated heterocycles. The maximum Gasteiger partial charge on any atom is -0.0316 e. The van der Waals surface area contributed by atoms with Crippen molar-refractivity contribution in [2.45, 2.75) is 51.9 Å². The van der Waals surface area contributed by atoms with Crippen LogP contribution in [0, 0.1) is 0 Å². The van der Waals surface area contributed by atoms with E-state index in [0.29, 0.717) is 0 Å². The summed E-state index contributed by atoms with van der Waals surface area (Å²) in [5, 5.41) is 0. The Morgan fingerprint density at radius 2 is 1.43 bits per heavy atom. The molecule has 0 radical (unpaired) electrons. The van der Waals surface area contributed by atoms with E-state index in [9.17, 15) is 0 Å². The fourth-order valence-electron chi connectivity index (χ4n) is 1.32. The molecule has 0 heterocycles. The van der Waals surface area contributed by atoms with Crippen molar-refractivity contribution in [1.82, 2.24) is 0 Å². The Morgan fingerprint density at radius 1 is 0.786 bits per heavy atom. The van der Waals surface area contributed by atoms with Crippen molar-refractivity contribution >= 4 is 0 Å². The van der Waals surface area contributed by atoms with Gasteiger partial charge in [0, 0.05) is 0 Å². The maximum absolute atomic E-state index is 3.72. The van der Waals surface area contributed by atoms with Crippen molar-refractivity contribution in [3.63, 3.8) is 0 Å². The monoisotopic (exact) mass is 192 g/mol. The summed E-state index contributed by atoms with van der Waals surface area (Å²) in [6.07, 6.45) is 19.7. The predicted octanol–water partition coefficient (Wildman–Crippen LogP) is 5.04. The number of rotatable bonds is 9. The molecule has 0 spiro atoms. The molecule has 0 N–H and O–H groups in total. The predicted molar refractivity (Wildman–Crippen MR) is 66.5 cm³/mol. The molecule has 0 aliphatic carbocycles. The van der Waals surface area contributed by atoms with E-state index in [1.54, 1.807) is 0 Å². The van der Waals surface area contributed by atoms with Gasteiger partial charge in [-0.3, -0.25) is 0 Å². The molecule has 0 aliphatic heterocycles. The second kappa shape index (κ2) is 12.2. The lowest BCUT2D eigenvalue weighted by Crippen LogP contribution is -1.74. The van der Waals surface area contributed by atoms with Crippen LogP contribution >= 0.6 is 0 Å². The summed E-state index contributed by atoms with van der Waals surface area (Å²) in [6.45, 7) is 5.79. The highest BCUT2D eigenvalue weighted by atomic mass is 13.9. The van der Waals surface area contributed by atoms with E-state index in [0.717, 1.165) is 0 Å². The molecule has 0 saturated carbocycles. The van der Waals surface area contributed by atoms with E-state index >= 15 is 0 Å². The summed E-state index contributed by atoms with van der Waals surface area (Å²) in [5.41, 5.74) is 0. The minimum absolute atomic E-state index is 1.17. The molecular formula is C14H24. The van der Waals surface area contributed by atoms with Gasteiger partial charge in [0.2, 0.25) is 0 Å². The Labute approximate surface area is 89.4 Å². The maximum atomic E-state index is 3.72. The van der Waals surface area contributed by atoms with Gasteiger partial charge in [-0.15, -0.1) is 6.58 Å². The van der Waals surface area contributed by atoms with Crippen LogP contribution in [0.2, 0.25) is 0 Å². The summed E-state index contributed by atoms with van der Waals surface area (Å²) >= 11 is 0. The molecule has 0 heteroatoms. The van der Waals surface area contributed by atoms with Gasteiger partial charge in [0.05, 0.1) is 0 Å². The van der Waals surface area contributed by atoms with Crippen LogP contribution in [0.3, 0.4) is 0 Å². The SMILES string of the molecule is C=CCCCCCC=CCCC=CC. The third kappa shape index (κ3) is 11.2. The smallest absolute Gasteiger partial charge is 0.0316 e. The molecule has 0 fully saturated rings. The summed E-state index contributed by atoms with van der Waals surface area (Å²) in [7, 11) is 0. The molecule has 0 aliphatic rings. The van der Waals surface area contributed by atoms with Crippen molar-refractivity contribution in [1.29, 1.82) is 0 Å². The quantitative estimate of drug-likeness (QED) is 0.355. The van der Waals surface area contributed by atoms with Crippen LogP contribution in [-0.2, 0) is 0 Å². The molecule has 80 valence electrons. The second-order valence-corrected chi connectivity index (χ2v) is 3.54. The molecule has 0 unspecified atom stereocenters. The van der Waals surface area contributed by atoms with Crippen molar-refractivity contribution in [3.8, 4) is 0 Å². The Balaban J connectivity index is 3.06. The largest absolute Gasteiger partial charge is 0.103 e. The first-order valence-corrected chi connectivity index (χ1v) is 5.79. The molecule has 0 aromatic heterocycles. The molecular weight excluding hydrogens is 168 g/mol. The van der Waals surface area contributed by atoms with E-state index in [-0.39, 0.29) is 0 Å². The summed E-state index contributed by atoms with van der Waals surface area (Å²) in [5.74, 6) is 0. The highest BCUT2D eigenvalue weighted by Crippen LogP contribution is 2.04. The van der Waals surface area contributed by atoms with E-state index in [2.05, 4.69) is 37.8 Å². The molecule has 0 aromatic carbocycles. The van der Waals surface area contributed by atoms with Crippen molar-refractivity contribution in [3.05, 3.63) is 37.0 Å². The Hall–Kier alpha value is -0.780. The average Bonchev–Trinajstić information content (AvgIpc) is 2.21. The van der Waals surface area contributed by atoms with E-state index < -0.39 is 0 Å². The van der Waals surface area contributed by atoms with Gasteiger partial charge in [0.25, 0.3) is 0 Å². The van der Waals surface area contributed by atoms with Crippen LogP contribution in [0.4, 0.5) is 0 Å². The van der Waals surface area contributed by atoms with Gasteiger partial charge in [-0.1, -0.05) is 36.8 Å². The fourth-order valence-corrected chi connectivity index (χ4v) is 1.32. The first-order chi connectivity index (χ1) is 6.91. The Morgan fingerprint density at radius 3 is 2.14 bits per heavy atom. The first kappa shape index (κ1) is 13.2. The summed E-state index contributed by atoms with van der Waals surface area (Å²) in [6, 6.07) is 0. The summed E-state index contributed by atoms with van der Waals surface area (Å²) < 4.78 is 0. The van der Waals surface area contributed by atoms with Gasteiger partial charge in [-0.25, -0.2) is 0 Å². The highest BCUT2D eigenvalue weighted by Gasteiger charge is 1.84. The third-order valence-electron chi connectivity index (χ3n) is 2.18. The molecule has 14 heavy (non-hydrogen) atoms. The van der Waals surface area contributed by atoms with Gasteiger partial charge in [-0.2, -0.15) is 0 Å². The molecule has 0 aromatic rings. The lowest BCUT2D eigenvalue weighted by atomic mass is 10.1. The molecule has 0 rings (SSSR count). The number of unbranched alkanes of at least 4 members (excludes halogenated alkanes) is 5. The standard InChI is InChI=1S/C14H24/c1-3-5-7-9-11-13-14-12-10-8-6-4-2/h3-4,6,12,14H,1,5,7-11,13H2,2H3. The highest BCUT2D eigenvalue weighted by molar-refractivity contribution is 4.86. The zero-order valence-electron chi connectivity index (χ0n) is 9.54. The van der Waals surface area contributed by atoms with Crippen molar-refractivity contribution < 1.29 is 0 Å².